The standard InChI is InChI=1S/C37H33N5O4S2/c1-27-12-16-32(17-13-27)47-26-35-34(37(43)42(38-35)31-10-6-3-7-11-31)24-29-25-41(30-8-4-2-5-9-30)39-36(29)28-14-18-33(19-15-28)48(44,45)40-20-22-46-23-21-40/h2-19,24-25H,20-23,26H2,1H3/b34-24-. The number of hydrogen-bond donors (Lipinski definition) is 0. The number of aromatic nitrogens is 2. The summed E-state index contributed by atoms with van der Waals surface area (Å²) in [7, 11) is -3.66. The van der Waals surface area contributed by atoms with Crippen LogP contribution in [0.3, 0.4) is 0 Å². The van der Waals surface area contributed by atoms with E-state index in [4.69, 9.17) is 14.9 Å². The van der Waals surface area contributed by atoms with E-state index in [0.29, 0.717) is 60.3 Å². The maximum atomic E-state index is 14.0. The first-order valence-corrected chi connectivity index (χ1v) is 18.0. The molecule has 0 aliphatic carbocycles. The highest BCUT2D eigenvalue weighted by Crippen LogP contribution is 2.32. The summed E-state index contributed by atoms with van der Waals surface area (Å²) in [6, 6.07) is 34.1. The van der Waals surface area contributed by atoms with Crippen LogP contribution in [0.4, 0.5) is 5.69 Å². The highest BCUT2D eigenvalue weighted by atomic mass is 32.2. The van der Waals surface area contributed by atoms with Crippen molar-refractivity contribution in [3.63, 3.8) is 0 Å². The number of morpholine rings is 1. The van der Waals surface area contributed by atoms with E-state index in [-0.39, 0.29) is 10.8 Å². The second kappa shape index (κ2) is 13.7. The first-order valence-electron chi connectivity index (χ1n) is 15.6. The van der Waals surface area contributed by atoms with E-state index in [9.17, 15) is 13.2 Å². The zero-order valence-corrected chi connectivity index (χ0v) is 27.9. The Hall–Kier alpha value is -4.81. The first-order chi connectivity index (χ1) is 23.4. The third kappa shape index (κ3) is 6.63. The van der Waals surface area contributed by atoms with Gasteiger partial charge in [0.25, 0.3) is 5.91 Å². The molecule has 3 heterocycles. The Morgan fingerprint density at radius 3 is 2.15 bits per heavy atom. The van der Waals surface area contributed by atoms with Crippen molar-refractivity contribution in [2.75, 3.05) is 37.1 Å². The normalized spacial score (nSPS) is 16.4. The Morgan fingerprint density at radius 1 is 0.833 bits per heavy atom. The smallest absolute Gasteiger partial charge is 0.280 e. The molecule has 5 aromatic rings. The fourth-order valence-corrected chi connectivity index (χ4v) is 7.80. The molecule has 9 nitrogen and oxygen atoms in total. The molecule has 7 rings (SSSR count). The van der Waals surface area contributed by atoms with Gasteiger partial charge in [-0.3, -0.25) is 4.79 Å². The molecular weight excluding hydrogens is 643 g/mol. The van der Waals surface area contributed by atoms with E-state index in [1.54, 1.807) is 40.7 Å². The highest BCUT2D eigenvalue weighted by Gasteiger charge is 2.32. The molecule has 1 saturated heterocycles. The fourth-order valence-electron chi connectivity index (χ4n) is 5.55. The van der Waals surface area contributed by atoms with Crippen LogP contribution < -0.4 is 5.01 Å². The van der Waals surface area contributed by atoms with Crippen LogP contribution in [0.25, 0.3) is 23.0 Å². The van der Waals surface area contributed by atoms with Crippen molar-refractivity contribution in [2.45, 2.75) is 16.7 Å². The lowest BCUT2D eigenvalue weighted by Crippen LogP contribution is -2.40. The van der Waals surface area contributed by atoms with Crippen LogP contribution in [0, 0.1) is 6.92 Å². The van der Waals surface area contributed by atoms with Gasteiger partial charge in [-0.25, -0.2) is 13.1 Å². The Bertz CT molecular complexity index is 2090. The van der Waals surface area contributed by atoms with E-state index in [2.05, 4.69) is 31.2 Å². The van der Waals surface area contributed by atoms with Crippen molar-refractivity contribution in [3.8, 4) is 16.9 Å². The van der Waals surface area contributed by atoms with E-state index in [1.165, 1.54) is 14.9 Å². The number of nitrogens with zero attached hydrogens (tertiary/aromatic N) is 5. The summed E-state index contributed by atoms with van der Waals surface area (Å²) in [5.74, 6) is 0.256. The highest BCUT2D eigenvalue weighted by molar-refractivity contribution is 8.00. The van der Waals surface area contributed by atoms with Gasteiger partial charge in [-0.15, -0.1) is 11.8 Å². The van der Waals surface area contributed by atoms with Crippen LogP contribution in [0.1, 0.15) is 11.1 Å². The number of benzene rings is 4. The van der Waals surface area contributed by atoms with Crippen molar-refractivity contribution in [2.24, 2.45) is 5.10 Å². The molecule has 0 radical (unpaired) electrons. The van der Waals surface area contributed by atoms with Crippen LogP contribution >= 0.6 is 11.8 Å². The average molecular weight is 676 g/mol. The van der Waals surface area contributed by atoms with E-state index in [0.717, 1.165) is 16.1 Å². The minimum atomic E-state index is -3.66. The van der Waals surface area contributed by atoms with Crippen molar-refractivity contribution >= 4 is 45.2 Å². The molecular formula is C37H33N5O4S2. The van der Waals surface area contributed by atoms with Gasteiger partial charge in [0, 0.05) is 41.1 Å². The number of rotatable bonds is 9. The van der Waals surface area contributed by atoms with Crippen LogP contribution in [0.2, 0.25) is 0 Å². The number of para-hydroxylation sites is 2. The lowest BCUT2D eigenvalue weighted by atomic mass is 10.0. The predicted molar refractivity (Wildman–Crippen MR) is 190 cm³/mol. The summed E-state index contributed by atoms with van der Waals surface area (Å²) in [5, 5.41) is 11.2. The topological polar surface area (TPSA) is 97.1 Å². The zero-order valence-electron chi connectivity index (χ0n) is 26.3. The Balaban J connectivity index is 1.28. The third-order valence-electron chi connectivity index (χ3n) is 8.15. The van der Waals surface area contributed by atoms with E-state index in [1.807, 2.05) is 72.9 Å². The number of anilines is 1. The lowest BCUT2D eigenvalue weighted by Gasteiger charge is -2.26. The van der Waals surface area contributed by atoms with Gasteiger partial charge in [0.1, 0.15) is 0 Å². The summed E-state index contributed by atoms with van der Waals surface area (Å²) in [5.41, 5.74) is 5.86. The molecule has 1 aromatic heterocycles. The maximum Gasteiger partial charge on any atom is 0.280 e. The average Bonchev–Trinajstić information content (AvgIpc) is 3.70. The fraction of sp³-hybridized carbons (Fsp3) is 0.162. The number of sulfonamides is 1. The molecule has 48 heavy (non-hydrogen) atoms. The van der Waals surface area contributed by atoms with Crippen LogP contribution in [-0.4, -0.2) is 66.2 Å². The summed E-state index contributed by atoms with van der Waals surface area (Å²) in [6.07, 6.45) is 3.74. The van der Waals surface area contributed by atoms with E-state index < -0.39 is 10.0 Å². The number of hydrazone groups is 1. The second-order valence-electron chi connectivity index (χ2n) is 11.4. The largest absolute Gasteiger partial charge is 0.379 e. The number of hydrogen-bond acceptors (Lipinski definition) is 7. The summed E-state index contributed by atoms with van der Waals surface area (Å²) in [6.45, 7) is 3.45. The molecule has 0 saturated carbocycles. The number of aryl methyl sites for hydroxylation is 1. The predicted octanol–water partition coefficient (Wildman–Crippen LogP) is 6.45. The number of thioether (sulfide) groups is 1. The van der Waals surface area contributed by atoms with Gasteiger partial charge >= 0.3 is 0 Å². The molecule has 1 amide bonds. The molecule has 0 unspecified atom stereocenters. The number of carbonyl (C=O) groups is 1. The molecule has 0 bridgehead atoms. The molecule has 11 heteroatoms. The SMILES string of the molecule is Cc1ccc(SCC2=NN(c3ccccc3)C(=O)/C2=C\c2cn(-c3ccccc3)nc2-c2ccc(S(=O)(=O)N3CCOCC3)cc2)cc1. The van der Waals surface area contributed by atoms with Crippen molar-refractivity contribution < 1.29 is 17.9 Å². The zero-order chi connectivity index (χ0) is 33.1. The van der Waals surface area contributed by atoms with Gasteiger partial charge in [-0.2, -0.15) is 19.5 Å². The quantitative estimate of drug-likeness (QED) is 0.132. The summed E-state index contributed by atoms with van der Waals surface area (Å²) < 4.78 is 35.2. The Kier molecular flexibility index (Phi) is 9.09. The monoisotopic (exact) mass is 675 g/mol. The summed E-state index contributed by atoms with van der Waals surface area (Å²) >= 11 is 1.62. The molecule has 4 aromatic carbocycles. The van der Waals surface area contributed by atoms with Gasteiger partial charge in [-0.1, -0.05) is 66.2 Å². The van der Waals surface area contributed by atoms with Crippen molar-refractivity contribution in [3.05, 3.63) is 132 Å². The Labute approximate surface area is 284 Å². The van der Waals surface area contributed by atoms with Crippen molar-refractivity contribution in [1.82, 2.24) is 14.1 Å². The molecule has 0 spiro atoms. The molecule has 0 N–H and O–H groups in total. The van der Waals surface area contributed by atoms with Crippen LogP contribution in [0.5, 0.6) is 0 Å². The number of ether oxygens (including phenoxy) is 1. The van der Waals surface area contributed by atoms with Gasteiger partial charge < -0.3 is 4.74 Å². The van der Waals surface area contributed by atoms with Gasteiger partial charge in [0.15, 0.2) is 0 Å². The minimum absolute atomic E-state index is 0.211. The van der Waals surface area contributed by atoms with Crippen molar-refractivity contribution in [1.29, 1.82) is 0 Å². The van der Waals surface area contributed by atoms with Crippen LogP contribution in [0.15, 0.2) is 136 Å². The molecule has 2 aliphatic heterocycles. The second-order valence-corrected chi connectivity index (χ2v) is 14.4. The number of amides is 1. The molecule has 1 fully saturated rings. The summed E-state index contributed by atoms with van der Waals surface area (Å²) in [4.78, 5) is 15.3. The molecule has 242 valence electrons. The van der Waals surface area contributed by atoms with E-state index >= 15 is 0 Å². The van der Waals surface area contributed by atoms with Gasteiger partial charge in [-0.05, 0) is 61.5 Å². The van der Waals surface area contributed by atoms with Crippen LogP contribution in [-0.2, 0) is 19.6 Å². The third-order valence-corrected chi connectivity index (χ3v) is 11.1. The Morgan fingerprint density at radius 2 is 1.48 bits per heavy atom. The minimum Gasteiger partial charge on any atom is -0.379 e. The number of carbonyl (C=O) groups excluding carboxylic acids is 1. The van der Waals surface area contributed by atoms with Gasteiger partial charge in [0.2, 0.25) is 10.0 Å². The maximum absolute atomic E-state index is 14.0. The molecule has 0 atom stereocenters. The first kappa shape index (κ1) is 31.8. The lowest BCUT2D eigenvalue weighted by molar-refractivity contribution is -0.114. The molecule has 2 aliphatic rings. The van der Waals surface area contributed by atoms with Gasteiger partial charge in [0.05, 0.1) is 46.5 Å².